The van der Waals surface area contributed by atoms with Crippen molar-refractivity contribution in [1.29, 1.82) is 0 Å². The first-order chi connectivity index (χ1) is 12.4. The van der Waals surface area contributed by atoms with Gasteiger partial charge in [-0.1, -0.05) is 72.8 Å². The molecule has 0 bridgehead atoms. The van der Waals surface area contributed by atoms with Crippen LogP contribution in [0, 0.1) is 0 Å². The summed E-state index contributed by atoms with van der Waals surface area (Å²) in [5, 5.41) is 9.73. The number of benzene rings is 4. The number of hydrogen-bond donors (Lipinski definition) is 0. The fraction of sp³-hybridized carbons (Fsp3) is 0. The van der Waals surface area contributed by atoms with Gasteiger partial charge in [0.2, 0.25) is 0 Å². The van der Waals surface area contributed by atoms with Crippen LogP contribution in [0.5, 0.6) is 0 Å². The van der Waals surface area contributed by atoms with E-state index in [4.69, 9.17) is 5.10 Å². The highest BCUT2D eigenvalue weighted by Gasteiger charge is 2.08. The molecule has 0 saturated heterocycles. The molecule has 2 nitrogen and oxygen atoms in total. The van der Waals surface area contributed by atoms with Crippen molar-refractivity contribution < 1.29 is 0 Å². The van der Waals surface area contributed by atoms with E-state index in [1.54, 1.807) is 0 Å². The summed E-state index contributed by atoms with van der Waals surface area (Å²) in [6.45, 7) is 0. The van der Waals surface area contributed by atoms with E-state index in [0.29, 0.717) is 0 Å². The second-order valence-corrected chi connectivity index (χ2v) is 6.20. The molecule has 5 aromatic rings. The van der Waals surface area contributed by atoms with Gasteiger partial charge in [-0.3, -0.25) is 0 Å². The highest BCUT2D eigenvalue weighted by Crippen LogP contribution is 2.28. The van der Waals surface area contributed by atoms with Crippen LogP contribution in [0.3, 0.4) is 0 Å². The summed E-state index contributed by atoms with van der Waals surface area (Å²) in [5.41, 5.74) is 3.35. The highest BCUT2D eigenvalue weighted by atomic mass is 15.3. The Kier molecular flexibility index (Phi) is 3.14. The van der Waals surface area contributed by atoms with Gasteiger partial charge in [0.1, 0.15) is 0 Å². The first kappa shape index (κ1) is 14.0. The minimum Gasteiger partial charge on any atom is -0.232 e. The van der Waals surface area contributed by atoms with Crippen molar-refractivity contribution in [3.05, 3.63) is 96.6 Å². The SMILES string of the molecule is C(=N\n1c2ccccc2c2ccccc21)/c1ccc2ccccc2c1. The predicted octanol–water partition coefficient (Wildman–Crippen LogP) is 5.83. The van der Waals surface area contributed by atoms with E-state index < -0.39 is 0 Å². The quantitative estimate of drug-likeness (QED) is 0.364. The maximum atomic E-state index is 4.79. The van der Waals surface area contributed by atoms with Crippen molar-refractivity contribution in [2.24, 2.45) is 5.10 Å². The zero-order chi connectivity index (χ0) is 16.6. The van der Waals surface area contributed by atoms with Gasteiger partial charge < -0.3 is 0 Å². The Balaban J connectivity index is 1.68. The van der Waals surface area contributed by atoms with E-state index in [1.165, 1.54) is 21.5 Å². The molecule has 0 unspecified atom stereocenters. The van der Waals surface area contributed by atoms with Gasteiger partial charge in [0.15, 0.2) is 0 Å². The molecule has 1 aromatic heterocycles. The average molecular weight is 320 g/mol. The topological polar surface area (TPSA) is 17.3 Å². The largest absolute Gasteiger partial charge is 0.232 e. The third-order valence-corrected chi connectivity index (χ3v) is 4.65. The molecule has 0 spiro atoms. The maximum Gasteiger partial charge on any atom is 0.0732 e. The number of nitrogens with zero attached hydrogens (tertiary/aromatic N) is 2. The molecular weight excluding hydrogens is 304 g/mol. The van der Waals surface area contributed by atoms with Crippen LogP contribution in [-0.2, 0) is 0 Å². The van der Waals surface area contributed by atoms with E-state index in [-0.39, 0.29) is 0 Å². The van der Waals surface area contributed by atoms with Crippen LogP contribution in [0.2, 0.25) is 0 Å². The number of rotatable bonds is 2. The molecule has 4 aromatic carbocycles. The van der Waals surface area contributed by atoms with Crippen LogP contribution in [0.4, 0.5) is 0 Å². The van der Waals surface area contributed by atoms with Gasteiger partial charge in [0.05, 0.1) is 17.2 Å². The summed E-state index contributed by atoms with van der Waals surface area (Å²) in [4.78, 5) is 0. The summed E-state index contributed by atoms with van der Waals surface area (Å²) < 4.78 is 2.03. The lowest BCUT2D eigenvalue weighted by atomic mass is 10.1. The molecule has 0 amide bonds. The molecule has 0 fully saturated rings. The molecule has 0 radical (unpaired) electrons. The molecule has 5 rings (SSSR count). The van der Waals surface area contributed by atoms with Crippen molar-refractivity contribution in [3.8, 4) is 0 Å². The Morgan fingerprint density at radius 1 is 0.600 bits per heavy atom. The minimum atomic E-state index is 1.10. The molecule has 25 heavy (non-hydrogen) atoms. The molecule has 0 atom stereocenters. The van der Waals surface area contributed by atoms with Crippen LogP contribution in [0.15, 0.2) is 96.1 Å². The standard InChI is InChI=1S/C23H16N2/c1-2-8-19-15-17(13-14-18(19)7-1)16-24-25-22-11-5-3-9-20(22)21-10-4-6-12-23(21)25/h1-16H/b24-16+. The third-order valence-electron chi connectivity index (χ3n) is 4.65. The lowest BCUT2D eigenvalue weighted by Crippen LogP contribution is -1.90. The summed E-state index contributed by atoms with van der Waals surface area (Å²) in [6.07, 6.45) is 1.94. The Morgan fingerprint density at radius 2 is 1.20 bits per heavy atom. The number of fused-ring (bicyclic) bond motifs is 4. The summed E-state index contributed by atoms with van der Waals surface area (Å²) in [5.74, 6) is 0. The number of hydrogen-bond acceptors (Lipinski definition) is 1. The summed E-state index contributed by atoms with van der Waals surface area (Å²) >= 11 is 0. The first-order valence-corrected chi connectivity index (χ1v) is 8.41. The number of para-hydroxylation sites is 2. The fourth-order valence-corrected chi connectivity index (χ4v) is 3.44. The average Bonchev–Trinajstić information content (AvgIpc) is 3.00. The molecule has 0 aliphatic rings. The fourth-order valence-electron chi connectivity index (χ4n) is 3.44. The Labute approximate surface area is 145 Å². The van der Waals surface area contributed by atoms with Gasteiger partial charge in [0, 0.05) is 10.8 Å². The molecule has 1 heterocycles. The van der Waals surface area contributed by atoms with Crippen LogP contribution in [0.1, 0.15) is 5.56 Å². The van der Waals surface area contributed by atoms with Gasteiger partial charge in [-0.15, -0.1) is 0 Å². The van der Waals surface area contributed by atoms with Crippen LogP contribution in [0.25, 0.3) is 32.6 Å². The van der Waals surface area contributed by atoms with Crippen LogP contribution < -0.4 is 0 Å². The normalized spacial score (nSPS) is 11.8. The van der Waals surface area contributed by atoms with Gasteiger partial charge >= 0.3 is 0 Å². The molecule has 0 N–H and O–H groups in total. The molecule has 0 aliphatic heterocycles. The lowest BCUT2D eigenvalue weighted by molar-refractivity contribution is 0.975. The van der Waals surface area contributed by atoms with Crippen molar-refractivity contribution in [2.75, 3.05) is 0 Å². The van der Waals surface area contributed by atoms with Crippen molar-refractivity contribution in [2.45, 2.75) is 0 Å². The van der Waals surface area contributed by atoms with E-state index in [2.05, 4.69) is 91.0 Å². The summed E-state index contributed by atoms with van der Waals surface area (Å²) in [7, 11) is 0. The maximum absolute atomic E-state index is 4.79. The summed E-state index contributed by atoms with van der Waals surface area (Å²) in [6, 6.07) is 31.6. The second kappa shape index (κ2) is 5.60. The van der Waals surface area contributed by atoms with Gasteiger partial charge in [-0.05, 0) is 34.5 Å². The van der Waals surface area contributed by atoms with Gasteiger partial charge in [-0.25, -0.2) is 4.68 Å². The zero-order valence-corrected chi connectivity index (χ0v) is 13.6. The van der Waals surface area contributed by atoms with Crippen LogP contribution in [-0.4, -0.2) is 10.9 Å². The molecule has 0 aliphatic carbocycles. The second-order valence-electron chi connectivity index (χ2n) is 6.20. The van der Waals surface area contributed by atoms with E-state index >= 15 is 0 Å². The predicted molar refractivity (Wildman–Crippen MR) is 106 cm³/mol. The smallest absolute Gasteiger partial charge is 0.0732 e. The van der Waals surface area contributed by atoms with E-state index in [9.17, 15) is 0 Å². The first-order valence-electron chi connectivity index (χ1n) is 8.41. The van der Waals surface area contributed by atoms with Gasteiger partial charge in [-0.2, -0.15) is 5.10 Å². The Morgan fingerprint density at radius 3 is 1.92 bits per heavy atom. The van der Waals surface area contributed by atoms with Gasteiger partial charge in [0.25, 0.3) is 0 Å². The van der Waals surface area contributed by atoms with Crippen molar-refractivity contribution in [1.82, 2.24) is 4.68 Å². The molecule has 2 heteroatoms. The van der Waals surface area contributed by atoms with E-state index in [1.807, 2.05) is 10.9 Å². The lowest BCUT2D eigenvalue weighted by Gasteiger charge is -2.01. The zero-order valence-electron chi connectivity index (χ0n) is 13.6. The number of aromatic nitrogens is 1. The Bertz CT molecular complexity index is 1190. The minimum absolute atomic E-state index is 1.10. The molecule has 0 saturated carbocycles. The van der Waals surface area contributed by atoms with Crippen molar-refractivity contribution in [3.63, 3.8) is 0 Å². The molecular formula is C23H16N2. The monoisotopic (exact) mass is 320 g/mol. The third kappa shape index (κ3) is 2.31. The van der Waals surface area contributed by atoms with Crippen molar-refractivity contribution >= 4 is 38.8 Å². The Hall–Kier alpha value is -3.39. The highest BCUT2D eigenvalue weighted by molar-refractivity contribution is 6.08. The van der Waals surface area contributed by atoms with Crippen LogP contribution >= 0.6 is 0 Å². The molecule has 118 valence electrons. The van der Waals surface area contributed by atoms with E-state index in [0.717, 1.165) is 16.6 Å².